The van der Waals surface area contributed by atoms with E-state index in [0.717, 1.165) is 35.0 Å². The van der Waals surface area contributed by atoms with Gasteiger partial charge in [0.15, 0.2) is 0 Å². The first-order valence-corrected chi connectivity index (χ1v) is 8.45. The lowest BCUT2D eigenvalue weighted by atomic mass is 10.0. The Labute approximate surface area is 135 Å². The highest BCUT2D eigenvalue weighted by Crippen LogP contribution is 2.37. The number of hydrogen-bond donors (Lipinski definition) is 1. The average Bonchev–Trinajstić information content (AvgIpc) is 3.01. The molecule has 0 aliphatic rings. The van der Waals surface area contributed by atoms with Crippen molar-refractivity contribution in [2.75, 3.05) is 20.2 Å². The van der Waals surface area contributed by atoms with Crippen molar-refractivity contribution in [3.63, 3.8) is 0 Å². The van der Waals surface area contributed by atoms with E-state index in [2.05, 4.69) is 41.0 Å². The molecule has 3 aromatic rings. The van der Waals surface area contributed by atoms with Gasteiger partial charge in [-0.25, -0.2) is 4.98 Å². The summed E-state index contributed by atoms with van der Waals surface area (Å²) < 4.78 is 5.84. The molecule has 0 atom stereocenters. The second-order valence-corrected chi connectivity index (χ2v) is 6.02. The third-order valence-electron chi connectivity index (χ3n) is 3.59. The molecule has 3 nitrogen and oxygen atoms in total. The van der Waals surface area contributed by atoms with Crippen LogP contribution in [0.25, 0.3) is 22.0 Å². The van der Waals surface area contributed by atoms with E-state index in [1.54, 1.807) is 11.3 Å². The van der Waals surface area contributed by atoms with Crippen molar-refractivity contribution in [2.45, 2.75) is 13.3 Å². The van der Waals surface area contributed by atoms with E-state index in [0.29, 0.717) is 6.61 Å². The van der Waals surface area contributed by atoms with Gasteiger partial charge in [-0.05, 0) is 30.8 Å². The molecule has 0 unspecified atom stereocenters. The summed E-state index contributed by atoms with van der Waals surface area (Å²) in [6.07, 6.45) is 0.954. The zero-order valence-corrected chi connectivity index (χ0v) is 13.7. The predicted octanol–water partition coefficient (Wildman–Crippen LogP) is 4.12. The van der Waals surface area contributed by atoms with E-state index >= 15 is 0 Å². The highest BCUT2D eigenvalue weighted by molar-refractivity contribution is 7.10. The molecule has 22 heavy (non-hydrogen) atoms. The number of nitrogens with one attached hydrogen (secondary N) is 1. The summed E-state index contributed by atoms with van der Waals surface area (Å²) in [5.74, 6) is 0.909. The monoisotopic (exact) mass is 312 g/mol. The molecule has 0 fully saturated rings. The molecule has 1 heterocycles. The Morgan fingerprint density at radius 3 is 2.86 bits per heavy atom. The largest absolute Gasteiger partial charge is 0.493 e. The second-order valence-electron chi connectivity index (χ2n) is 5.07. The number of nitrogens with zero attached hydrogens (tertiary/aromatic N) is 1. The zero-order chi connectivity index (χ0) is 15.4. The number of aromatic nitrogens is 1. The van der Waals surface area contributed by atoms with E-state index in [9.17, 15) is 0 Å². The highest BCUT2D eigenvalue weighted by atomic mass is 32.1. The summed E-state index contributed by atoms with van der Waals surface area (Å²) >= 11 is 1.71. The standard InChI is InChI=1S/C18H20N2OS/c1-3-21-16-9-8-13-6-4-5-7-14(13)18(16)15-12-22-17(20-15)10-11-19-2/h4-9,12,19H,3,10-11H2,1-2H3. The molecular formula is C18H20N2OS. The molecule has 0 bridgehead atoms. The van der Waals surface area contributed by atoms with Gasteiger partial charge in [0, 0.05) is 18.3 Å². The first-order chi connectivity index (χ1) is 10.8. The molecule has 4 heteroatoms. The van der Waals surface area contributed by atoms with Gasteiger partial charge in [-0.3, -0.25) is 0 Å². The van der Waals surface area contributed by atoms with Crippen LogP contribution in [-0.4, -0.2) is 25.2 Å². The van der Waals surface area contributed by atoms with Crippen LogP contribution in [0.2, 0.25) is 0 Å². The maximum Gasteiger partial charge on any atom is 0.129 e. The lowest BCUT2D eigenvalue weighted by Crippen LogP contribution is -2.09. The molecule has 1 N–H and O–H groups in total. The highest BCUT2D eigenvalue weighted by Gasteiger charge is 2.14. The van der Waals surface area contributed by atoms with Crippen molar-refractivity contribution in [3.05, 3.63) is 46.8 Å². The first kappa shape index (κ1) is 15.0. The molecule has 3 rings (SSSR count). The normalized spacial score (nSPS) is 11.0. The molecule has 0 aliphatic carbocycles. The number of hydrogen-bond acceptors (Lipinski definition) is 4. The lowest BCUT2D eigenvalue weighted by Gasteiger charge is -2.11. The fourth-order valence-corrected chi connectivity index (χ4v) is 3.35. The Morgan fingerprint density at radius 1 is 1.18 bits per heavy atom. The van der Waals surface area contributed by atoms with Gasteiger partial charge in [-0.1, -0.05) is 30.3 Å². The van der Waals surface area contributed by atoms with E-state index in [-0.39, 0.29) is 0 Å². The smallest absolute Gasteiger partial charge is 0.129 e. The molecule has 114 valence electrons. The van der Waals surface area contributed by atoms with Crippen LogP contribution in [0.15, 0.2) is 41.8 Å². The minimum Gasteiger partial charge on any atom is -0.493 e. The first-order valence-electron chi connectivity index (χ1n) is 7.57. The quantitative estimate of drug-likeness (QED) is 0.743. The van der Waals surface area contributed by atoms with Crippen molar-refractivity contribution in [1.29, 1.82) is 0 Å². The zero-order valence-electron chi connectivity index (χ0n) is 12.9. The Balaban J connectivity index is 2.10. The van der Waals surface area contributed by atoms with Crippen molar-refractivity contribution in [2.24, 2.45) is 0 Å². The van der Waals surface area contributed by atoms with E-state index in [1.807, 2.05) is 20.0 Å². The maximum absolute atomic E-state index is 5.84. The van der Waals surface area contributed by atoms with Crippen molar-refractivity contribution in [1.82, 2.24) is 10.3 Å². The number of benzene rings is 2. The van der Waals surface area contributed by atoms with Gasteiger partial charge < -0.3 is 10.1 Å². The van der Waals surface area contributed by atoms with Gasteiger partial charge in [-0.15, -0.1) is 11.3 Å². The summed E-state index contributed by atoms with van der Waals surface area (Å²) in [6.45, 7) is 3.61. The Morgan fingerprint density at radius 2 is 2.05 bits per heavy atom. The van der Waals surface area contributed by atoms with Crippen molar-refractivity contribution in [3.8, 4) is 17.0 Å². The van der Waals surface area contributed by atoms with Crippen LogP contribution in [0, 0.1) is 0 Å². The Kier molecular flexibility index (Phi) is 4.71. The minimum absolute atomic E-state index is 0.655. The van der Waals surface area contributed by atoms with Crippen LogP contribution in [-0.2, 0) is 6.42 Å². The number of likely N-dealkylation sites (N-methyl/N-ethyl adjacent to an activating group) is 1. The summed E-state index contributed by atoms with van der Waals surface area (Å²) in [5.41, 5.74) is 2.11. The number of ether oxygens (including phenoxy) is 1. The minimum atomic E-state index is 0.655. The summed E-state index contributed by atoms with van der Waals surface area (Å²) in [7, 11) is 1.96. The number of thiazole rings is 1. The van der Waals surface area contributed by atoms with Crippen molar-refractivity contribution < 1.29 is 4.74 Å². The average molecular weight is 312 g/mol. The van der Waals surface area contributed by atoms with Crippen LogP contribution in [0.3, 0.4) is 0 Å². The Bertz CT molecular complexity index is 767. The van der Waals surface area contributed by atoms with Gasteiger partial charge >= 0.3 is 0 Å². The Hall–Kier alpha value is -1.91. The van der Waals surface area contributed by atoms with Gasteiger partial charge in [0.25, 0.3) is 0 Å². The molecule has 0 aliphatic heterocycles. The second kappa shape index (κ2) is 6.90. The summed E-state index contributed by atoms with van der Waals surface area (Å²) in [4.78, 5) is 4.81. The van der Waals surface area contributed by atoms with Gasteiger partial charge in [0.2, 0.25) is 0 Å². The molecule has 0 amide bonds. The fourth-order valence-electron chi connectivity index (χ4n) is 2.56. The van der Waals surface area contributed by atoms with Crippen LogP contribution in [0.1, 0.15) is 11.9 Å². The number of rotatable bonds is 6. The predicted molar refractivity (Wildman–Crippen MR) is 93.9 cm³/mol. The van der Waals surface area contributed by atoms with E-state index < -0.39 is 0 Å². The molecule has 0 saturated carbocycles. The molecule has 0 saturated heterocycles. The molecule has 0 radical (unpaired) electrons. The SMILES string of the molecule is CCOc1ccc2ccccc2c1-c1csc(CCNC)n1. The van der Waals surface area contributed by atoms with Gasteiger partial charge in [-0.2, -0.15) is 0 Å². The lowest BCUT2D eigenvalue weighted by molar-refractivity contribution is 0.342. The van der Waals surface area contributed by atoms with E-state index in [1.165, 1.54) is 10.8 Å². The third kappa shape index (κ3) is 2.98. The maximum atomic E-state index is 5.84. The third-order valence-corrected chi connectivity index (χ3v) is 4.50. The summed E-state index contributed by atoms with van der Waals surface area (Å²) in [5, 5.41) is 8.86. The van der Waals surface area contributed by atoms with E-state index in [4.69, 9.17) is 9.72 Å². The fraction of sp³-hybridized carbons (Fsp3) is 0.278. The van der Waals surface area contributed by atoms with Crippen LogP contribution < -0.4 is 10.1 Å². The van der Waals surface area contributed by atoms with Crippen molar-refractivity contribution >= 4 is 22.1 Å². The molecule has 1 aromatic heterocycles. The molecule has 2 aromatic carbocycles. The van der Waals surface area contributed by atoms with Gasteiger partial charge in [0.05, 0.1) is 22.9 Å². The van der Waals surface area contributed by atoms with Crippen LogP contribution >= 0.6 is 11.3 Å². The molecule has 0 spiro atoms. The topological polar surface area (TPSA) is 34.1 Å². The summed E-state index contributed by atoms with van der Waals surface area (Å²) in [6, 6.07) is 12.6. The molecular weight excluding hydrogens is 292 g/mol. The van der Waals surface area contributed by atoms with Crippen LogP contribution in [0.4, 0.5) is 0 Å². The number of fused-ring (bicyclic) bond motifs is 1. The van der Waals surface area contributed by atoms with Gasteiger partial charge in [0.1, 0.15) is 5.75 Å². The van der Waals surface area contributed by atoms with Crippen LogP contribution in [0.5, 0.6) is 5.75 Å².